The molecule has 1 aliphatic rings. The van der Waals surface area contributed by atoms with Crippen LogP contribution < -0.4 is 11.1 Å². The molecule has 0 saturated heterocycles. The number of hydrogen-bond donors (Lipinski definition) is 3. The number of benzene rings is 2. The Morgan fingerprint density at radius 3 is 2.79 bits per heavy atom. The summed E-state index contributed by atoms with van der Waals surface area (Å²) in [5.74, 6) is -0.612. The second kappa shape index (κ2) is 5.76. The molecule has 24 heavy (non-hydrogen) atoms. The van der Waals surface area contributed by atoms with Gasteiger partial charge in [0.1, 0.15) is 5.82 Å². The van der Waals surface area contributed by atoms with Crippen LogP contribution in [-0.4, -0.2) is 16.9 Å². The van der Waals surface area contributed by atoms with E-state index in [2.05, 4.69) is 10.3 Å². The van der Waals surface area contributed by atoms with Crippen molar-refractivity contribution in [3.05, 3.63) is 65.1 Å². The van der Waals surface area contributed by atoms with Crippen LogP contribution in [0.25, 0.3) is 10.9 Å². The van der Waals surface area contributed by atoms with E-state index >= 15 is 0 Å². The van der Waals surface area contributed by atoms with Gasteiger partial charge in [0.05, 0.1) is 0 Å². The van der Waals surface area contributed by atoms with Crippen molar-refractivity contribution in [2.45, 2.75) is 25.3 Å². The van der Waals surface area contributed by atoms with Crippen LogP contribution in [0.2, 0.25) is 0 Å². The zero-order valence-electron chi connectivity index (χ0n) is 13.1. The summed E-state index contributed by atoms with van der Waals surface area (Å²) in [6, 6.07) is 11.5. The number of amides is 1. The van der Waals surface area contributed by atoms with Gasteiger partial charge in [-0.05, 0) is 67.3 Å². The number of H-pyrrole nitrogens is 1. The van der Waals surface area contributed by atoms with Gasteiger partial charge in [0.2, 0.25) is 0 Å². The summed E-state index contributed by atoms with van der Waals surface area (Å²) >= 11 is 0. The van der Waals surface area contributed by atoms with E-state index in [4.69, 9.17) is 5.73 Å². The molecule has 0 fully saturated rings. The van der Waals surface area contributed by atoms with Crippen LogP contribution in [0.1, 0.15) is 28.0 Å². The molecule has 1 aliphatic carbocycles. The molecule has 1 heterocycles. The SMILES string of the molecule is NC1CCc2[nH]c3ccc(NC(=O)c4ccc(F)cc4)cc3c2C1. The Morgan fingerprint density at radius 2 is 2.00 bits per heavy atom. The Hall–Kier alpha value is -2.66. The van der Waals surface area contributed by atoms with Crippen molar-refractivity contribution >= 4 is 22.5 Å². The van der Waals surface area contributed by atoms with Crippen molar-refractivity contribution in [1.82, 2.24) is 4.98 Å². The van der Waals surface area contributed by atoms with Gasteiger partial charge in [-0.1, -0.05) is 0 Å². The lowest BCUT2D eigenvalue weighted by atomic mass is 9.92. The fraction of sp³-hybridized carbons (Fsp3) is 0.211. The number of nitrogens with two attached hydrogens (primary N) is 1. The summed E-state index contributed by atoms with van der Waals surface area (Å²) in [4.78, 5) is 15.7. The van der Waals surface area contributed by atoms with Crippen molar-refractivity contribution in [2.24, 2.45) is 5.73 Å². The van der Waals surface area contributed by atoms with Crippen LogP contribution in [0.4, 0.5) is 10.1 Å². The standard InChI is InChI=1S/C19H18FN3O/c20-12-3-1-11(2-4-12)19(24)22-14-6-8-18-16(10-14)15-9-13(21)5-7-17(15)23-18/h1-4,6,8,10,13,23H,5,7,9,21H2,(H,22,24). The minimum atomic E-state index is -0.358. The number of rotatable bonds is 2. The summed E-state index contributed by atoms with van der Waals surface area (Å²) in [7, 11) is 0. The molecule has 0 aliphatic heterocycles. The number of hydrogen-bond acceptors (Lipinski definition) is 2. The maximum Gasteiger partial charge on any atom is 0.255 e. The third-order valence-corrected chi connectivity index (χ3v) is 4.59. The normalized spacial score (nSPS) is 16.8. The number of carbonyl (C=O) groups excluding carboxylic acids is 1. The van der Waals surface area contributed by atoms with E-state index in [1.807, 2.05) is 18.2 Å². The molecule has 5 heteroatoms. The Labute approximate surface area is 138 Å². The maximum atomic E-state index is 13.0. The van der Waals surface area contributed by atoms with Crippen LogP contribution in [0.15, 0.2) is 42.5 Å². The van der Waals surface area contributed by atoms with E-state index in [9.17, 15) is 9.18 Å². The molecule has 2 aromatic carbocycles. The Balaban J connectivity index is 1.64. The first-order valence-corrected chi connectivity index (χ1v) is 8.06. The summed E-state index contributed by atoms with van der Waals surface area (Å²) in [6.07, 6.45) is 2.81. The number of halogens is 1. The van der Waals surface area contributed by atoms with Crippen LogP contribution >= 0.6 is 0 Å². The highest BCUT2D eigenvalue weighted by Crippen LogP contribution is 2.30. The predicted molar refractivity (Wildman–Crippen MR) is 92.7 cm³/mol. The number of nitrogens with one attached hydrogen (secondary N) is 2. The van der Waals surface area contributed by atoms with Gasteiger partial charge in [-0.25, -0.2) is 4.39 Å². The Bertz CT molecular complexity index is 914. The van der Waals surface area contributed by atoms with Gasteiger partial charge in [0.15, 0.2) is 0 Å². The summed E-state index contributed by atoms with van der Waals surface area (Å²) in [5, 5.41) is 3.98. The van der Waals surface area contributed by atoms with Gasteiger partial charge in [0, 0.05) is 33.9 Å². The molecule has 0 bridgehead atoms. The molecular weight excluding hydrogens is 305 g/mol. The lowest BCUT2D eigenvalue weighted by Crippen LogP contribution is -2.27. The molecule has 4 rings (SSSR count). The fourth-order valence-corrected chi connectivity index (χ4v) is 3.33. The fourth-order valence-electron chi connectivity index (χ4n) is 3.33. The van der Waals surface area contributed by atoms with Crippen LogP contribution in [0, 0.1) is 5.82 Å². The average Bonchev–Trinajstić information content (AvgIpc) is 2.93. The molecule has 1 atom stereocenters. The Kier molecular flexibility index (Phi) is 3.58. The third-order valence-electron chi connectivity index (χ3n) is 4.59. The van der Waals surface area contributed by atoms with E-state index in [1.54, 1.807) is 0 Å². The number of aromatic amines is 1. The molecule has 122 valence electrons. The van der Waals surface area contributed by atoms with Gasteiger partial charge in [-0.3, -0.25) is 4.79 Å². The second-order valence-electron chi connectivity index (χ2n) is 6.31. The van der Waals surface area contributed by atoms with Crippen LogP contribution in [0.5, 0.6) is 0 Å². The molecule has 0 saturated carbocycles. The highest BCUT2D eigenvalue weighted by molar-refractivity contribution is 6.05. The van der Waals surface area contributed by atoms with E-state index in [0.29, 0.717) is 5.56 Å². The quantitative estimate of drug-likeness (QED) is 0.676. The van der Waals surface area contributed by atoms with Gasteiger partial charge in [-0.15, -0.1) is 0 Å². The topological polar surface area (TPSA) is 70.9 Å². The first kappa shape index (κ1) is 14.9. The number of fused-ring (bicyclic) bond motifs is 3. The van der Waals surface area contributed by atoms with Crippen molar-refractivity contribution in [3.63, 3.8) is 0 Å². The average molecular weight is 323 g/mol. The van der Waals surface area contributed by atoms with E-state index in [1.165, 1.54) is 35.5 Å². The molecule has 1 amide bonds. The molecule has 4 nitrogen and oxygen atoms in total. The second-order valence-corrected chi connectivity index (χ2v) is 6.31. The summed E-state index contributed by atoms with van der Waals surface area (Å²) in [5.41, 5.74) is 10.8. The van der Waals surface area contributed by atoms with Crippen molar-refractivity contribution < 1.29 is 9.18 Å². The van der Waals surface area contributed by atoms with E-state index in [0.717, 1.165) is 35.9 Å². The smallest absolute Gasteiger partial charge is 0.255 e. The number of carbonyl (C=O) groups is 1. The lowest BCUT2D eigenvalue weighted by molar-refractivity contribution is 0.102. The minimum Gasteiger partial charge on any atom is -0.358 e. The summed E-state index contributed by atoms with van der Waals surface area (Å²) in [6.45, 7) is 0. The molecule has 1 aromatic heterocycles. The van der Waals surface area contributed by atoms with E-state index in [-0.39, 0.29) is 17.8 Å². The summed E-state index contributed by atoms with van der Waals surface area (Å²) < 4.78 is 13.0. The van der Waals surface area contributed by atoms with Gasteiger partial charge < -0.3 is 16.0 Å². The van der Waals surface area contributed by atoms with E-state index < -0.39 is 0 Å². The largest absolute Gasteiger partial charge is 0.358 e. The zero-order valence-corrected chi connectivity index (χ0v) is 13.1. The molecular formula is C19H18FN3O. The molecule has 0 spiro atoms. The lowest BCUT2D eigenvalue weighted by Gasteiger charge is -2.18. The molecule has 1 unspecified atom stereocenters. The predicted octanol–water partition coefficient (Wildman–Crippen LogP) is 3.38. The van der Waals surface area contributed by atoms with Crippen LogP contribution in [0.3, 0.4) is 0 Å². The Morgan fingerprint density at radius 1 is 1.21 bits per heavy atom. The van der Waals surface area contributed by atoms with Gasteiger partial charge in [0.25, 0.3) is 5.91 Å². The number of aryl methyl sites for hydroxylation is 1. The van der Waals surface area contributed by atoms with Crippen LogP contribution in [-0.2, 0) is 12.8 Å². The first-order chi connectivity index (χ1) is 11.6. The molecule has 4 N–H and O–H groups in total. The number of anilines is 1. The highest BCUT2D eigenvalue weighted by Gasteiger charge is 2.20. The minimum absolute atomic E-state index is 0.189. The van der Waals surface area contributed by atoms with Gasteiger partial charge in [-0.2, -0.15) is 0 Å². The van der Waals surface area contributed by atoms with Crippen molar-refractivity contribution in [3.8, 4) is 0 Å². The highest BCUT2D eigenvalue weighted by atomic mass is 19.1. The van der Waals surface area contributed by atoms with Gasteiger partial charge >= 0.3 is 0 Å². The third kappa shape index (κ3) is 2.67. The molecule has 3 aromatic rings. The van der Waals surface area contributed by atoms with Crippen molar-refractivity contribution in [1.29, 1.82) is 0 Å². The molecule has 0 radical (unpaired) electrons. The monoisotopic (exact) mass is 323 g/mol. The zero-order chi connectivity index (χ0) is 16.7. The number of aromatic nitrogens is 1. The van der Waals surface area contributed by atoms with Crippen molar-refractivity contribution in [2.75, 3.05) is 5.32 Å². The maximum absolute atomic E-state index is 13.0. The first-order valence-electron chi connectivity index (χ1n) is 8.06.